The molecule has 0 fully saturated rings. The highest BCUT2D eigenvalue weighted by Gasteiger charge is 2.21. The van der Waals surface area contributed by atoms with Gasteiger partial charge in [0.15, 0.2) is 18.0 Å². The second kappa shape index (κ2) is 8.43. The van der Waals surface area contributed by atoms with E-state index in [-0.39, 0.29) is 11.6 Å². The Kier molecular flexibility index (Phi) is 5.53. The molecule has 3 aromatic heterocycles. The monoisotopic (exact) mass is 418 g/mol. The minimum absolute atomic E-state index is 0.0422. The van der Waals surface area contributed by atoms with Gasteiger partial charge in [-0.15, -0.1) is 0 Å². The van der Waals surface area contributed by atoms with E-state index in [1.54, 1.807) is 35.1 Å². The third-order valence-corrected chi connectivity index (χ3v) is 4.80. The van der Waals surface area contributed by atoms with Crippen molar-refractivity contribution in [3.8, 4) is 11.5 Å². The number of fused-ring (bicyclic) bond motifs is 1. The summed E-state index contributed by atoms with van der Waals surface area (Å²) < 4.78 is 12.5. The van der Waals surface area contributed by atoms with Gasteiger partial charge in [-0.3, -0.25) is 4.79 Å². The van der Waals surface area contributed by atoms with Gasteiger partial charge >= 0.3 is 5.97 Å². The Morgan fingerprint density at radius 1 is 1.19 bits per heavy atom. The van der Waals surface area contributed by atoms with Crippen LogP contribution >= 0.6 is 0 Å². The van der Waals surface area contributed by atoms with Crippen LogP contribution in [0.1, 0.15) is 35.8 Å². The summed E-state index contributed by atoms with van der Waals surface area (Å²) in [5, 5.41) is 7.65. The third-order valence-electron chi connectivity index (χ3n) is 4.80. The first-order chi connectivity index (χ1) is 14.9. The lowest BCUT2D eigenvalue weighted by atomic mass is 10.1. The molecule has 0 saturated heterocycles. The maximum atomic E-state index is 12.9. The highest BCUT2D eigenvalue weighted by atomic mass is 16.5. The Hall–Kier alpha value is -3.94. The number of para-hydroxylation sites is 1. The first kappa shape index (κ1) is 20.3. The molecule has 158 valence electrons. The van der Waals surface area contributed by atoms with Crippen molar-refractivity contribution in [2.24, 2.45) is 0 Å². The summed E-state index contributed by atoms with van der Waals surface area (Å²) >= 11 is 0. The number of furan rings is 1. The van der Waals surface area contributed by atoms with Crippen LogP contribution in [-0.4, -0.2) is 33.2 Å². The second-order valence-electron chi connectivity index (χ2n) is 7.39. The van der Waals surface area contributed by atoms with E-state index in [2.05, 4.69) is 15.4 Å². The number of pyridine rings is 1. The third kappa shape index (κ3) is 4.18. The number of carbonyl (C=O) groups excluding carboxylic acids is 2. The quantitative estimate of drug-likeness (QED) is 0.467. The highest BCUT2D eigenvalue weighted by molar-refractivity contribution is 6.04. The van der Waals surface area contributed by atoms with Gasteiger partial charge in [-0.1, -0.05) is 18.2 Å². The van der Waals surface area contributed by atoms with Crippen molar-refractivity contribution in [2.45, 2.75) is 26.8 Å². The van der Waals surface area contributed by atoms with Gasteiger partial charge in [0.1, 0.15) is 5.69 Å². The Balaban J connectivity index is 1.60. The van der Waals surface area contributed by atoms with Crippen LogP contribution in [0.4, 0.5) is 5.69 Å². The van der Waals surface area contributed by atoms with Crippen molar-refractivity contribution in [3.63, 3.8) is 0 Å². The van der Waals surface area contributed by atoms with Crippen molar-refractivity contribution in [1.29, 1.82) is 0 Å². The molecule has 0 spiro atoms. The van der Waals surface area contributed by atoms with Crippen LogP contribution in [0.15, 0.2) is 59.3 Å². The van der Waals surface area contributed by atoms with E-state index in [1.165, 1.54) is 6.26 Å². The minimum Gasteiger partial charge on any atom is -0.463 e. The molecule has 0 bridgehead atoms. The molecule has 0 radical (unpaired) electrons. The summed E-state index contributed by atoms with van der Waals surface area (Å²) in [6.45, 7) is 5.42. The van der Waals surface area contributed by atoms with E-state index in [4.69, 9.17) is 9.15 Å². The number of benzene rings is 1. The van der Waals surface area contributed by atoms with Crippen LogP contribution < -0.4 is 5.32 Å². The molecule has 31 heavy (non-hydrogen) atoms. The molecule has 0 aliphatic carbocycles. The maximum Gasteiger partial charge on any atom is 0.339 e. The minimum atomic E-state index is -0.636. The van der Waals surface area contributed by atoms with E-state index >= 15 is 0 Å². The summed E-state index contributed by atoms with van der Waals surface area (Å²) in [6.07, 6.45) is 3.12. The van der Waals surface area contributed by atoms with Gasteiger partial charge in [0.2, 0.25) is 0 Å². The average Bonchev–Trinajstić information content (AvgIpc) is 3.43. The number of esters is 1. The lowest BCUT2D eigenvalue weighted by molar-refractivity contribution is -0.119. The molecule has 1 N–H and O–H groups in total. The fourth-order valence-corrected chi connectivity index (χ4v) is 3.22. The smallest absolute Gasteiger partial charge is 0.339 e. The average molecular weight is 418 g/mol. The molecule has 8 nitrogen and oxygen atoms in total. The molecule has 0 saturated carbocycles. The molecule has 0 unspecified atom stereocenters. The van der Waals surface area contributed by atoms with E-state index < -0.39 is 18.5 Å². The van der Waals surface area contributed by atoms with Crippen molar-refractivity contribution >= 4 is 28.6 Å². The van der Waals surface area contributed by atoms with E-state index in [0.29, 0.717) is 28.2 Å². The largest absolute Gasteiger partial charge is 0.463 e. The molecule has 0 aliphatic heterocycles. The molecular weight excluding hydrogens is 396 g/mol. The topological polar surface area (TPSA) is 99.2 Å². The van der Waals surface area contributed by atoms with Gasteiger partial charge in [-0.2, -0.15) is 5.10 Å². The molecule has 3 heterocycles. The zero-order chi connectivity index (χ0) is 22.0. The fraction of sp³-hybridized carbons (Fsp3) is 0.217. The highest BCUT2D eigenvalue weighted by Crippen LogP contribution is 2.27. The van der Waals surface area contributed by atoms with Crippen LogP contribution in [0.5, 0.6) is 0 Å². The molecular formula is C23H22N4O4. The number of ether oxygens (including phenoxy) is 1. The second-order valence-corrected chi connectivity index (χ2v) is 7.39. The molecule has 4 aromatic rings. The van der Waals surface area contributed by atoms with Crippen LogP contribution in [0.25, 0.3) is 22.5 Å². The summed E-state index contributed by atoms with van der Waals surface area (Å²) in [6, 6.07) is 12.5. The number of amides is 1. The standard InChI is InChI=1S/C23H22N4O4/c1-14(2)27-22-17(12-24-27)16(11-19(26-22)20-9-6-10-30-20)23(29)31-13-21(28)25-18-8-5-4-7-15(18)3/h4-12,14H,13H2,1-3H3,(H,25,28). The van der Waals surface area contributed by atoms with Gasteiger partial charge in [-0.05, 0) is 50.6 Å². The Labute approximate surface area is 178 Å². The lowest BCUT2D eigenvalue weighted by Gasteiger charge is -2.11. The van der Waals surface area contributed by atoms with Gasteiger partial charge in [-0.25, -0.2) is 14.5 Å². The van der Waals surface area contributed by atoms with Crippen molar-refractivity contribution in [1.82, 2.24) is 14.8 Å². The van der Waals surface area contributed by atoms with Crippen LogP contribution in [0, 0.1) is 6.92 Å². The zero-order valence-electron chi connectivity index (χ0n) is 17.5. The van der Waals surface area contributed by atoms with Crippen LogP contribution in [0.3, 0.4) is 0 Å². The zero-order valence-corrected chi connectivity index (χ0v) is 17.5. The molecule has 1 amide bonds. The summed E-state index contributed by atoms with van der Waals surface area (Å²) in [5.41, 5.74) is 2.89. The van der Waals surface area contributed by atoms with Gasteiger partial charge in [0.05, 0.1) is 23.4 Å². The molecule has 8 heteroatoms. The van der Waals surface area contributed by atoms with E-state index in [0.717, 1.165) is 5.56 Å². The summed E-state index contributed by atoms with van der Waals surface area (Å²) in [4.78, 5) is 29.8. The molecule has 0 aliphatic rings. The molecule has 1 aromatic carbocycles. The maximum absolute atomic E-state index is 12.9. The van der Waals surface area contributed by atoms with Crippen LogP contribution in [-0.2, 0) is 9.53 Å². The van der Waals surface area contributed by atoms with Gasteiger partial charge in [0, 0.05) is 11.7 Å². The number of nitrogens with one attached hydrogen (secondary N) is 1. The number of aromatic nitrogens is 3. The normalized spacial score (nSPS) is 11.1. The number of carbonyl (C=O) groups is 2. The number of hydrogen-bond acceptors (Lipinski definition) is 6. The predicted molar refractivity (Wildman–Crippen MR) is 116 cm³/mol. The number of nitrogens with zero attached hydrogens (tertiary/aromatic N) is 3. The number of aryl methyl sites for hydroxylation is 1. The first-order valence-corrected chi connectivity index (χ1v) is 9.89. The van der Waals surface area contributed by atoms with Crippen LogP contribution in [0.2, 0.25) is 0 Å². The van der Waals surface area contributed by atoms with Crippen molar-refractivity contribution < 1.29 is 18.7 Å². The first-order valence-electron chi connectivity index (χ1n) is 9.89. The van der Waals surface area contributed by atoms with Crippen molar-refractivity contribution in [3.05, 3.63) is 66.1 Å². The Bertz CT molecular complexity index is 1240. The van der Waals surface area contributed by atoms with Gasteiger partial charge < -0.3 is 14.5 Å². The summed E-state index contributed by atoms with van der Waals surface area (Å²) in [7, 11) is 0. The number of rotatable bonds is 6. The number of anilines is 1. The van der Waals surface area contributed by atoms with Gasteiger partial charge in [0.25, 0.3) is 5.91 Å². The molecule has 4 rings (SSSR count). The lowest BCUT2D eigenvalue weighted by Crippen LogP contribution is -2.21. The van der Waals surface area contributed by atoms with E-state index in [1.807, 2.05) is 39.0 Å². The van der Waals surface area contributed by atoms with Crippen molar-refractivity contribution in [2.75, 3.05) is 11.9 Å². The Morgan fingerprint density at radius 2 is 2.00 bits per heavy atom. The SMILES string of the molecule is Cc1ccccc1NC(=O)COC(=O)c1cc(-c2ccco2)nc2c1cnn2C(C)C. The molecule has 0 atom stereocenters. The number of hydrogen-bond donors (Lipinski definition) is 1. The van der Waals surface area contributed by atoms with E-state index in [9.17, 15) is 9.59 Å². The fourth-order valence-electron chi connectivity index (χ4n) is 3.22. The predicted octanol–water partition coefficient (Wildman–Crippen LogP) is 4.38. The Morgan fingerprint density at radius 3 is 2.71 bits per heavy atom. The summed E-state index contributed by atoms with van der Waals surface area (Å²) in [5.74, 6) is -0.537.